The molecule has 7 nitrogen and oxygen atoms in total. The summed E-state index contributed by atoms with van der Waals surface area (Å²) in [5, 5.41) is 11.7. The molecule has 2 heterocycles. The van der Waals surface area contributed by atoms with E-state index in [0.29, 0.717) is 16.3 Å². The van der Waals surface area contributed by atoms with Gasteiger partial charge in [0.05, 0.1) is 23.2 Å². The Bertz CT molecular complexity index is 1880. The number of carbonyl (C=O) groups excluding carboxylic acids is 4. The van der Waals surface area contributed by atoms with E-state index in [0.717, 1.165) is 27.5 Å². The van der Waals surface area contributed by atoms with E-state index in [1.807, 2.05) is 0 Å². The molecule has 7 rings (SSSR count). The number of aromatic hydroxyl groups is 1. The third-order valence-corrected chi connectivity index (χ3v) is 11.7. The number of hydrogen-bond acceptors (Lipinski definition) is 5. The molecule has 4 amide bonds. The van der Waals surface area contributed by atoms with Gasteiger partial charge in [-0.25, -0.2) is 14.2 Å². The number of aryl methyl sites for hydroxylation is 1. The highest BCUT2D eigenvalue weighted by molar-refractivity contribution is 6.58. The maximum Gasteiger partial charge on any atom is 0.258 e. The number of nitrogens with zero attached hydrogens (tertiary/aromatic N) is 2. The number of hydrogen-bond donors (Lipinski definition) is 1. The Morgan fingerprint density at radius 2 is 1.53 bits per heavy atom. The zero-order valence-corrected chi connectivity index (χ0v) is 26.5. The number of phenolic OH excluding ortho intramolecular Hbond substituents is 1. The van der Waals surface area contributed by atoms with E-state index in [9.17, 15) is 28.7 Å². The van der Waals surface area contributed by atoms with Crippen LogP contribution >= 0.6 is 46.4 Å². The Labute approximate surface area is 277 Å². The highest BCUT2D eigenvalue weighted by atomic mass is 35.5. The standard InChI is InChI=1S/C33H23Cl4FN2O5/c1-15-2-6-19(13-24(15)35)39-28(42)21-10-9-20-23(26(21)29(39)43)14-32(36)30(44)40(18-7-4-17(38)5-8-18)31(45)33(32,37)27(20)22-12-16(34)3-11-25(22)41/h2-9,11-13,21,23,26-27,41H,10,14H2,1H3. The molecular weight excluding hydrogens is 665 g/mol. The smallest absolute Gasteiger partial charge is 0.258 e. The molecule has 2 saturated heterocycles. The predicted octanol–water partition coefficient (Wildman–Crippen LogP) is 6.91. The molecule has 45 heavy (non-hydrogen) atoms. The van der Waals surface area contributed by atoms with Gasteiger partial charge in [0.2, 0.25) is 11.8 Å². The topological polar surface area (TPSA) is 95.0 Å². The summed E-state index contributed by atoms with van der Waals surface area (Å²) in [6.45, 7) is 1.80. The molecule has 6 unspecified atom stereocenters. The van der Waals surface area contributed by atoms with Gasteiger partial charge < -0.3 is 5.11 Å². The summed E-state index contributed by atoms with van der Waals surface area (Å²) in [6, 6.07) is 13.9. The molecule has 3 fully saturated rings. The molecule has 6 atom stereocenters. The Morgan fingerprint density at radius 3 is 2.22 bits per heavy atom. The molecule has 1 N–H and O–H groups in total. The predicted molar refractivity (Wildman–Crippen MR) is 168 cm³/mol. The van der Waals surface area contributed by atoms with Gasteiger partial charge in [-0.1, -0.05) is 40.9 Å². The number of amides is 4. The van der Waals surface area contributed by atoms with E-state index in [4.69, 9.17) is 46.4 Å². The monoisotopic (exact) mass is 686 g/mol. The first-order valence-corrected chi connectivity index (χ1v) is 15.7. The van der Waals surface area contributed by atoms with Gasteiger partial charge in [0.1, 0.15) is 11.6 Å². The molecule has 12 heteroatoms. The van der Waals surface area contributed by atoms with Crippen LogP contribution in [0.3, 0.4) is 0 Å². The zero-order valence-electron chi connectivity index (χ0n) is 23.4. The molecule has 230 valence electrons. The lowest BCUT2D eigenvalue weighted by Gasteiger charge is -2.50. The van der Waals surface area contributed by atoms with Crippen LogP contribution in [-0.2, 0) is 19.2 Å². The fourth-order valence-electron chi connectivity index (χ4n) is 7.48. The SMILES string of the molecule is Cc1ccc(N2C(=O)C3CC=C4C(CC5(Cl)C(=O)N(c6ccc(F)cc6)C(=O)C5(Cl)C4c4cc(Cl)ccc4O)C3C2=O)cc1Cl. The van der Waals surface area contributed by atoms with Gasteiger partial charge >= 0.3 is 0 Å². The molecule has 3 aromatic carbocycles. The summed E-state index contributed by atoms with van der Waals surface area (Å²) in [7, 11) is 0. The second-order valence-corrected chi connectivity index (χ2v) is 14.0. The van der Waals surface area contributed by atoms with Crippen LogP contribution in [0.25, 0.3) is 0 Å². The van der Waals surface area contributed by atoms with Crippen molar-refractivity contribution in [3.8, 4) is 5.75 Å². The Morgan fingerprint density at radius 1 is 0.844 bits per heavy atom. The van der Waals surface area contributed by atoms with Gasteiger partial charge in [0.15, 0.2) is 9.75 Å². The van der Waals surface area contributed by atoms with Crippen LogP contribution in [0.1, 0.15) is 29.9 Å². The Kier molecular flexibility index (Phi) is 6.91. The van der Waals surface area contributed by atoms with Crippen molar-refractivity contribution in [2.75, 3.05) is 9.80 Å². The quantitative estimate of drug-likeness (QED) is 0.183. The number of anilines is 2. The molecule has 2 aliphatic heterocycles. The van der Waals surface area contributed by atoms with E-state index in [2.05, 4.69) is 0 Å². The minimum atomic E-state index is -2.19. The van der Waals surface area contributed by atoms with Gasteiger partial charge in [-0.3, -0.25) is 19.2 Å². The molecule has 4 aliphatic rings. The number of phenols is 1. The van der Waals surface area contributed by atoms with Crippen LogP contribution in [0, 0.1) is 30.5 Å². The minimum absolute atomic E-state index is 0.0549. The average Bonchev–Trinajstić information content (AvgIpc) is 3.34. The maximum atomic E-state index is 14.4. The van der Waals surface area contributed by atoms with E-state index in [1.165, 1.54) is 30.3 Å². The van der Waals surface area contributed by atoms with Crippen molar-refractivity contribution in [1.29, 1.82) is 0 Å². The minimum Gasteiger partial charge on any atom is -0.508 e. The fourth-order valence-corrected chi connectivity index (χ4v) is 8.76. The summed E-state index contributed by atoms with van der Waals surface area (Å²) < 4.78 is 13.8. The first-order chi connectivity index (χ1) is 21.3. The van der Waals surface area contributed by atoms with Gasteiger partial charge in [-0.15, -0.1) is 23.2 Å². The average molecular weight is 688 g/mol. The van der Waals surface area contributed by atoms with Gasteiger partial charge in [0.25, 0.3) is 11.8 Å². The second-order valence-electron chi connectivity index (χ2n) is 11.9. The molecule has 0 spiro atoms. The zero-order chi connectivity index (χ0) is 32.2. The summed E-state index contributed by atoms with van der Waals surface area (Å²) in [5.74, 6) is -7.23. The largest absolute Gasteiger partial charge is 0.508 e. The van der Waals surface area contributed by atoms with Crippen molar-refractivity contribution < 1.29 is 28.7 Å². The number of fused-ring (bicyclic) bond motifs is 4. The molecule has 0 bridgehead atoms. The summed E-state index contributed by atoms with van der Waals surface area (Å²) >= 11 is 27.3. The van der Waals surface area contributed by atoms with Crippen LogP contribution < -0.4 is 9.80 Å². The summed E-state index contributed by atoms with van der Waals surface area (Å²) in [4.78, 5) is 54.2. The molecule has 0 radical (unpaired) electrons. The first kappa shape index (κ1) is 30.2. The van der Waals surface area contributed by atoms with E-state index in [1.54, 1.807) is 31.2 Å². The first-order valence-electron chi connectivity index (χ1n) is 14.1. The molecule has 0 aromatic heterocycles. The highest BCUT2D eigenvalue weighted by Crippen LogP contribution is 2.66. The van der Waals surface area contributed by atoms with Crippen molar-refractivity contribution in [2.45, 2.75) is 35.4 Å². The third kappa shape index (κ3) is 4.08. The van der Waals surface area contributed by atoms with Crippen LogP contribution in [-0.4, -0.2) is 38.5 Å². The summed E-state index contributed by atoms with van der Waals surface area (Å²) in [6.07, 6.45) is 1.64. The molecular formula is C33H23Cl4FN2O5. The normalized spacial score (nSPS) is 30.8. The number of carbonyl (C=O) groups is 4. The number of imide groups is 2. The lowest BCUT2D eigenvalue weighted by molar-refractivity contribution is -0.125. The van der Waals surface area contributed by atoms with Crippen LogP contribution in [0.15, 0.2) is 72.3 Å². The van der Waals surface area contributed by atoms with Crippen molar-refractivity contribution in [1.82, 2.24) is 0 Å². The van der Waals surface area contributed by atoms with Crippen molar-refractivity contribution in [2.24, 2.45) is 17.8 Å². The van der Waals surface area contributed by atoms with Crippen molar-refractivity contribution >= 4 is 81.4 Å². The number of benzene rings is 3. The van der Waals surface area contributed by atoms with Gasteiger partial charge in [-0.2, -0.15) is 0 Å². The van der Waals surface area contributed by atoms with Crippen LogP contribution in [0.2, 0.25) is 10.0 Å². The third-order valence-electron chi connectivity index (χ3n) is 9.61. The van der Waals surface area contributed by atoms with Gasteiger partial charge in [-0.05, 0) is 85.8 Å². The lowest BCUT2D eigenvalue weighted by atomic mass is 9.56. The van der Waals surface area contributed by atoms with Crippen LogP contribution in [0.4, 0.5) is 15.8 Å². The Balaban J connectivity index is 1.41. The number of alkyl halides is 2. The van der Waals surface area contributed by atoms with E-state index < -0.39 is 62.9 Å². The van der Waals surface area contributed by atoms with Crippen molar-refractivity contribution in [3.63, 3.8) is 0 Å². The molecule has 1 saturated carbocycles. The number of rotatable bonds is 3. The van der Waals surface area contributed by atoms with Crippen molar-refractivity contribution in [3.05, 3.63) is 99.3 Å². The highest BCUT2D eigenvalue weighted by Gasteiger charge is 2.77. The fraction of sp³-hybridized carbons (Fsp3) is 0.273. The van der Waals surface area contributed by atoms with Crippen LogP contribution in [0.5, 0.6) is 5.75 Å². The number of halogens is 5. The lowest BCUT2D eigenvalue weighted by Crippen LogP contribution is -2.60. The summed E-state index contributed by atoms with van der Waals surface area (Å²) in [5.41, 5.74) is 1.78. The van der Waals surface area contributed by atoms with E-state index >= 15 is 0 Å². The van der Waals surface area contributed by atoms with Gasteiger partial charge in [0, 0.05) is 21.5 Å². The molecule has 2 aliphatic carbocycles. The number of allylic oxidation sites excluding steroid dienone is 2. The maximum absolute atomic E-state index is 14.4. The molecule has 3 aromatic rings. The second kappa shape index (κ2) is 10.3. The van der Waals surface area contributed by atoms with E-state index in [-0.39, 0.29) is 34.9 Å². The Hall–Kier alpha value is -3.43.